The third-order valence-electron chi connectivity index (χ3n) is 3.92. The molecular weight excluding hydrogens is 346 g/mol. The van der Waals surface area contributed by atoms with Crippen LogP contribution in [0.25, 0.3) is 0 Å². The number of imide groups is 1. The molecule has 0 spiro atoms. The molecule has 1 atom stereocenters. The van der Waals surface area contributed by atoms with E-state index in [1.54, 1.807) is 24.3 Å². The van der Waals surface area contributed by atoms with Crippen LogP contribution in [-0.4, -0.2) is 53.5 Å². The molecule has 0 saturated heterocycles. The second kappa shape index (κ2) is 7.67. The number of allylic oxidation sites excluding steroid dienone is 1. The zero-order valence-electron chi connectivity index (χ0n) is 14.2. The number of carbonyl (C=O) groups excluding carboxylic acids is 2. The van der Waals surface area contributed by atoms with Gasteiger partial charge in [-0.15, -0.1) is 0 Å². The van der Waals surface area contributed by atoms with Gasteiger partial charge in [-0.1, -0.05) is 29.8 Å². The Hall–Kier alpha value is -2.38. The number of nitrogens with one attached hydrogen (secondary N) is 1. The van der Waals surface area contributed by atoms with E-state index in [1.165, 1.54) is 6.92 Å². The lowest BCUT2D eigenvalue weighted by molar-refractivity contribution is -0.135. The third-order valence-corrected chi connectivity index (χ3v) is 4.26. The molecule has 3 amide bonds. The van der Waals surface area contributed by atoms with Gasteiger partial charge in [0.2, 0.25) is 5.91 Å². The predicted molar refractivity (Wildman–Crippen MR) is 93.1 cm³/mol. The number of benzene rings is 1. The molecule has 1 unspecified atom stereocenters. The van der Waals surface area contributed by atoms with E-state index in [-0.39, 0.29) is 17.7 Å². The van der Waals surface area contributed by atoms with Crippen LogP contribution in [-0.2, 0) is 9.59 Å². The third kappa shape index (κ3) is 4.00. The summed E-state index contributed by atoms with van der Waals surface area (Å²) in [5.41, 5.74) is 0.513. The van der Waals surface area contributed by atoms with Gasteiger partial charge in [0.15, 0.2) is 0 Å². The monoisotopic (exact) mass is 365 g/mol. The molecule has 7 nitrogen and oxygen atoms in total. The number of carboxylic acid groups (broad SMARTS) is 1. The van der Waals surface area contributed by atoms with E-state index >= 15 is 0 Å². The summed E-state index contributed by atoms with van der Waals surface area (Å²) in [7, 11) is 3.61. The number of hydrogen-bond acceptors (Lipinski definition) is 4. The van der Waals surface area contributed by atoms with Crippen LogP contribution in [0.4, 0.5) is 4.79 Å². The van der Waals surface area contributed by atoms with Crippen LogP contribution in [0.2, 0.25) is 5.02 Å². The molecular formula is C17H20ClN3O4. The Morgan fingerprint density at radius 3 is 2.52 bits per heavy atom. The number of carbonyl (C=O) groups is 3. The average molecular weight is 366 g/mol. The van der Waals surface area contributed by atoms with Crippen molar-refractivity contribution in [3.8, 4) is 0 Å². The Labute approximate surface area is 150 Å². The van der Waals surface area contributed by atoms with E-state index in [4.69, 9.17) is 11.6 Å². The van der Waals surface area contributed by atoms with Gasteiger partial charge in [-0.25, -0.2) is 9.59 Å². The highest BCUT2D eigenvalue weighted by Gasteiger charge is 2.41. The summed E-state index contributed by atoms with van der Waals surface area (Å²) in [6.07, 6.45) is 0.0767. The van der Waals surface area contributed by atoms with Gasteiger partial charge in [0.1, 0.15) is 6.04 Å². The largest absolute Gasteiger partial charge is 0.478 e. The van der Waals surface area contributed by atoms with Crippen molar-refractivity contribution < 1.29 is 19.5 Å². The van der Waals surface area contributed by atoms with E-state index < -0.39 is 23.9 Å². The van der Waals surface area contributed by atoms with E-state index in [9.17, 15) is 19.5 Å². The summed E-state index contributed by atoms with van der Waals surface area (Å²) < 4.78 is 0. The average Bonchev–Trinajstić information content (AvgIpc) is 2.52. The van der Waals surface area contributed by atoms with Crippen molar-refractivity contribution in [3.63, 3.8) is 0 Å². The van der Waals surface area contributed by atoms with Gasteiger partial charge in [0.25, 0.3) is 0 Å². The van der Waals surface area contributed by atoms with Crippen molar-refractivity contribution >= 4 is 29.5 Å². The topological polar surface area (TPSA) is 90.0 Å². The number of amides is 3. The molecule has 2 rings (SSSR count). The molecule has 134 valence electrons. The molecule has 2 N–H and O–H groups in total. The SMILES string of the molecule is CC1=C(C(=O)O)C(c2ccccc2Cl)N(C(=O)CCN(C)C)C(=O)N1. The van der Waals surface area contributed by atoms with Crippen molar-refractivity contribution in [3.05, 3.63) is 46.1 Å². The minimum atomic E-state index is -1.21. The maximum atomic E-state index is 12.7. The highest BCUT2D eigenvalue weighted by molar-refractivity contribution is 6.31. The fourth-order valence-electron chi connectivity index (χ4n) is 2.71. The Morgan fingerprint density at radius 2 is 1.96 bits per heavy atom. The molecule has 0 bridgehead atoms. The molecule has 0 radical (unpaired) electrons. The molecule has 0 saturated carbocycles. The number of aliphatic carboxylic acids is 1. The fourth-order valence-corrected chi connectivity index (χ4v) is 2.94. The molecule has 1 aliphatic heterocycles. The van der Waals surface area contributed by atoms with Gasteiger partial charge in [0, 0.05) is 23.7 Å². The Kier molecular flexibility index (Phi) is 5.81. The van der Waals surface area contributed by atoms with Crippen molar-refractivity contribution in [2.75, 3.05) is 20.6 Å². The molecule has 25 heavy (non-hydrogen) atoms. The molecule has 1 aromatic rings. The van der Waals surface area contributed by atoms with E-state index in [0.29, 0.717) is 17.1 Å². The van der Waals surface area contributed by atoms with Crippen molar-refractivity contribution in [2.24, 2.45) is 0 Å². The number of halogens is 1. The van der Waals surface area contributed by atoms with Gasteiger partial charge in [0.05, 0.1) is 5.57 Å². The summed E-state index contributed by atoms with van der Waals surface area (Å²) >= 11 is 6.23. The number of nitrogens with zero attached hydrogens (tertiary/aromatic N) is 2. The van der Waals surface area contributed by atoms with Crippen LogP contribution in [0.5, 0.6) is 0 Å². The zero-order valence-corrected chi connectivity index (χ0v) is 15.0. The van der Waals surface area contributed by atoms with Gasteiger partial charge in [-0.05, 0) is 32.6 Å². The first-order valence-electron chi connectivity index (χ1n) is 7.70. The lowest BCUT2D eigenvalue weighted by Gasteiger charge is -2.36. The number of urea groups is 1. The molecule has 0 aliphatic carbocycles. The smallest absolute Gasteiger partial charge is 0.335 e. The molecule has 8 heteroatoms. The van der Waals surface area contributed by atoms with Crippen LogP contribution in [0.1, 0.15) is 24.9 Å². The molecule has 1 aromatic carbocycles. The predicted octanol–water partition coefficient (Wildman–Crippen LogP) is 2.24. The Bertz CT molecular complexity index is 745. The van der Waals surface area contributed by atoms with Crippen LogP contribution in [0, 0.1) is 0 Å². The first-order valence-corrected chi connectivity index (χ1v) is 8.08. The van der Waals surface area contributed by atoms with E-state index in [0.717, 1.165) is 4.90 Å². The van der Waals surface area contributed by atoms with Crippen LogP contribution >= 0.6 is 11.6 Å². The highest BCUT2D eigenvalue weighted by Crippen LogP contribution is 2.37. The van der Waals surface area contributed by atoms with Crippen LogP contribution in [0.3, 0.4) is 0 Å². The van der Waals surface area contributed by atoms with Gasteiger partial charge in [-0.3, -0.25) is 9.69 Å². The van der Waals surface area contributed by atoms with E-state index in [1.807, 2.05) is 19.0 Å². The maximum Gasteiger partial charge on any atom is 0.335 e. The normalized spacial score (nSPS) is 17.7. The van der Waals surface area contributed by atoms with Crippen molar-refractivity contribution in [1.82, 2.24) is 15.1 Å². The van der Waals surface area contributed by atoms with Gasteiger partial charge in [-0.2, -0.15) is 0 Å². The molecule has 0 aromatic heterocycles. The van der Waals surface area contributed by atoms with Gasteiger partial charge < -0.3 is 15.3 Å². The van der Waals surface area contributed by atoms with Gasteiger partial charge >= 0.3 is 12.0 Å². The number of rotatable bonds is 5. The summed E-state index contributed by atoms with van der Waals surface area (Å²) in [5.74, 6) is -1.69. The highest BCUT2D eigenvalue weighted by atomic mass is 35.5. The summed E-state index contributed by atoms with van der Waals surface area (Å²) in [4.78, 5) is 39.7. The van der Waals surface area contributed by atoms with Crippen molar-refractivity contribution in [2.45, 2.75) is 19.4 Å². The zero-order chi connectivity index (χ0) is 18.7. The second-order valence-electron chi connectivity index (χ2n) is 6.02. The fraction of sp³-hybridized carbons (Fsp3) is 0.353. The summed E-state index contributed by atoms with van der Waals surface area (Å²) in [6, 6.07) is 4.87. The number of carboxylic acids is 1. The summed E-state index contributed by atoms with van der Waals surface area (Å²) in [5, 5.41) is 12.4. The quantitative estimate of drug-likeness (QED) is 0.835. The van der Waals surface area contributed by atoms with Crippen LogP contribution in [0.15, 0.2) is 35.5 Å². The molecule has 1 heterocycles. The first-order chi connectivity index (χ1) is 11.7. The lowest BCUT2D eigenvalue weighted by Crippen LogP contribution is -2.51. The standard InChI is InChI=1S/C17H20ClN3O4/c1-10-14(16(23)24)15(11-6-4-5-7-12(11)18)21(17(25)19-10)13(22)8-9-20(2)3/h4-7,15H,8-9H2,1-3H3,(H,19,25)(H,23,24). The number of hydrogen-bond donors (Lipinski definition) is 2. The summed E-state index contributed by atoms with van der Waals surface area (Å²) in [6.45, 7) is 1.93. The lowest BCUT2D eigenvalue weighted by atomic mass is 9.93. The minimum absolute atomic E-state index is 0.0767. The van der Waals surface area contributed by atoms with E-state index in [2.05, 4.69) is 5.32 Å². The molecule has 1 aliphatic rings. The maximum absolute atomic E-state index is 12.7. The van der Waals surface area contributed by atoms with Crippen molar-refractivity contribution in [1.29, 1.82) is 0 Å². The Morgan fingerprint density at radius 1 is 1.32 bits per heavy atom. The minimum Gasteiger partial charge on any atom is -0.478 e. The van der Waals surface area contributed by atoms with Crippen LogP contribution < -0.4 is 5.32 Å². The first kappa shape index (κ1) is 19.0. The second-order valence-corrected chi connectivity index (χ2v) is 6.42. The molecule has 0 fully saturated rings. The Balaban J connectivity index is 2.55.